The number of nitrogens with zero attached hydrogens (tertiary/aromatic N) is 5. The van der Waals surface area contributed by atoms with E-state index in [4.69, 9.17) is 0 Å². The molecule has 2 aliphatic rings. The van der Waals surface area contributed by atoms with Gasteiger partial charge in [0, 0.05) is 36.4 Å². The minimum absolute atomic E-state index is 0.102. The van der Waals surface area contributed by atoms with Crippen molar-refractivity contribution in [2.45, 2.75) is 31.4 Å². The number of halogens is 6. The molecule has 0 unspecified atom stereocenters. The number of carbonyl (C=O) groups excluding carboxylic acids is 1. The van der Waals surface area contributed by atoms with Gasteiger partial charge in [0.2, 0.25) is 0 Å². The lowest BCUT2D eigenvalue weighted by Gasteiger charge is -2.26. The van der Waals surface area contributed by atoms with Gasteiger partial charge in [-0.2, -0.15) is 26.3 Å². The number of fused-ring (bicyclic) bond motifs is 1. The number of anilines is 3. The molecular formula is C26H22F6N6O. The van der Waals surface area contributed by atoms with E-state index in [1.54, 1.807) is 12.1 Å². The van der Waals surface area contributed by atoms with Crippen molar-refractivity contribution in [3.05, 3.63) is 71.8 Å². The Kier molecular flexibility index (Phi) is 6.47. The smallest absolute Gasteiger partial charge is 0.369 e. The van der Waals surface area contributed by atoms with Crippen LogP contribution >= 0.6 is 0 Å². The van der Waals surface area contributed by atoms with Crippen LogP contribution in [0.5, 0.6) is 0 Å². The maximum atomic E-state index is 13.5. The van der Waals surface area contributed by atoms with Gasteiger partial charge in [-0.1, -0.05) is 24.3 Å². The Balaban J connectivity index is 1.48. The molecule has 0 radical (unpaired) electrons. The van der Waals surface area contributed by atoms with E-state index >= 15 is 0 Å². The Morgan fingerprint density at radius 2 is 1.72 bits per heavy atom. The molecule has 1 N–H and O–H groups in total. The summed E-state index contributed by atoms with van der Waals surface area (Å²) in [6.07, 6.45) is -8.69. The highest BCUT2D eigenvalue weighted by molar-refractivity contribution is 6.03. The lowest BCUT2D eigenvalue weighted by molar-refractivity contribution is -0.166. The van der Waals surface area contributed by atoms with E-state index in [2.05, 4.69) is 20.5 Å². The third-order valence-corrected chi connectivity index (χ3v) is 6.58. The zero-order valence-corrected chi connectivity index (χ0v) is 20.5. The van der Waals surface area contributed by atoms with Crippen LogP contribution < -0.4 is 15.1 Å². The first-order valence-corrected chi connectivity index (χ1v) is 12.1. The molecule has 2 aromatic carbocycles. The fourth-order valence-electron chi connectivity index (χ4n) is 4.52. The number of alkyl halides is 6. The van der Waals surface area contributed by atoms with Gasteiger partial charge in [-0.15, -0.1) is 10.2 Å². The Morgan fingerprint density at radius 1 is 0.974 bits per heavy atom. The molecule has 3 aromatic rings. The van der Waals surface area contributed by atoms with E-state index < -0.39 is 29.6 Å². The number of nitrogens with one attached hydrogen (secondary N) is 1. The lowest BCUT2D eigenvalue weighted by Crippen LogP contribution is -2.36. The largest absolute Gasteiger partial charge is 0.442 e. The van der Waals surface area contributed by atoms with E-state index in [9.17, 15) is 31.1 Å². The van der Waals surface area contributed by atoms with Gasteiger partial charge >= 0.3 is 24.0 Å². The number of hydrogen-bond acceptors (Lipinski definition) is 5. The van der Waals surface area contributed by atoms with Crippen LogP contribution in [0.1, 0.15) is 24.5 Å². The van der Waals surface area contributed by atoms with Crippen molar-refractivity contribution >= 4 is 23.2 Å². The zero-order valence-electron chi connectivity index (χ0n) is 20.5. The summed E-state index contributed by atoms with van der Waals surface area (Å²) in [5.74, 6) is 0.233. The molecule has 13 heteroatoms. The molecule has 0 saturated heterocycles. The summed E-state index contributed by atoms with van der Waals surface area (Å²) in [4.78, 5) is 21.4. The average molecular weight is 548 g/mol. The second kappa shape index (κ2) is 9.54. The number of rotatable bonds is 4. The Hall–Kier alpha value is -4.16. The number of aromatic nitrogens is 1. The molecular weight excluding hydrogens is 526 g/mol. The van der Waals surface area contributed by atoms with E-state index in [1.165, 1.54) is 35.2 Å². The van der Waals surface area contributed by atoms with E-state index in [0.717, 1.165) is 18.2 Å². The maximum Gasteiger partial charge on any atom is 0.442 e. The van der Waals surface area contributed by atoms with Crippen LogP contribution in [0, 0.1) is 0 Å². The first-order chi connectivity index (χ1) is 18.4. The van der Waals surface area contributed by atoms with Crippen molar-refractivity contribution in [3.63, 3.8) is 0 Å². The fraction of sp³-hybridized carbons (Fsp3) is 0.308. The number of benzene rings is 2. The number of hydrogen-bond donors (Lipinski definition) is 1. The second-order valence-corrected chi connectivity index (χ2v) is 9.08. The molecule has 7 nitrogen and oxygen atoms in total. The Morgan fingerprint density at radius 3 is 2.38 bits per heavy atom. The first kappa shape index (κ1) is 26.4. The molecule has 1 aromatic heterocycles. The minimum atomic E-state index is -4.72. The number of carbonyl (C=O) groups is 1. The molecule has 2 amide bonds. The number of pyridine rings is 1. The van der Waals surface area contributed by atoms with Gasteiger partial charge in [0.25, 0.3) is 0 Å². The third-order valence-electron chi connectivity index (χ3n) is 6.58. The van der Waals surface area contributed by atoms with Gasteiger partial charge in [-0.25, -0.2) is 9.78 Å². The van der Waals surface area contributed by atoms with E-state index in [0.29, 0.717) is 25.2 Å². The molecule has 2 aliphatic heterocycles. The fourth-order valence-corrected chi connectivity index (χ4v) is 4.52. The highest BCUT2D eigenvalue weighted by Crippen LogP contribution is 2.52. The molecule has 5 rings (SSSR count). The lowest BCUT2D eigenvalue weighted by atomic mass is 10.0. The molecule has 0 bridgehead atoms. The zero-order chi connectivity index (χ0) is 28.0. The van der Waals surface area contributed by atoms with Crippen molar-refractivity contribution in [2.75, 3.05) is 34.8 Å². The van der Waals surface area contributed by atoms with Gasteiger partial charge in [-0.3, -0.25) is 4.90 Å². The highest BCUT2D eigenvalue weighted by atomic mass is 19.4. The van der Waals surface area contributed by atoms with Crippen molar-refractivity contribution in [1.82, 2.24) is 4.98 Å². The van der Waals surface area contributed by atoms with Gasteiger partial charge in [0.1, 0.15) is 0 Å². The summed E-state index contributed by atoms with van der Waals surface area (Å²) >= 11 is 0. The monoisotopic (exact) mass is 548 g/mol. The van der Waals surface area contributed by atoms with Gasteiger partial charge in [0.05, 0.1) is 16.9 Å². The standard InChI is InChI=1S/C26H22F6N6O/c1-2-37-12-5-13-38(23(39)33-19-9-4-7-17(15-19)24(35-36-24)26(30,31)32)22-21(37)11-10-20(34-22)16-6-3-8-18(14-16)25(27,28)29/h3-4,6-11,14-15H,2,5,12-13H2,1H3,(H,33,39). The topological polar surface area (TPSA) is 73.2 Å². The maximum absolute atomic E-state index is 13.5. The first-order valence-electron chi connectivity index (χ1n) is 12.1. The summed E-state index contributed by atoms with van der Waals surface area (Å²) in [7, 11) is 0. The summed E-state index contributed by atoms with van der Waals surface area (Å²) in [5.41, 5.74) is -2.51. The second-order valence-electron chi connectivity index (χ2n) is 9.08. The molecule has 204 valence electrons. The van der Waals surface area contributed by atoms with Gasteiger partial charge < -0.3 is 10.2 Å². The molecule has 0 spiro atoms. The van der Waals surface area contributed by atoms with Crippen LogP contribution in [-0.4, -0.2) is 36.8 Å². The molecule has 0 fully saturated rings. The number of amides is 2. The summed E-state index contributed by atoms with van der Waals surface area (Å²) in [5, 5.41) is 9.01. The third kappa shape index (κ3) is 5.00. The van der Waals surface area contributed by atoms with Crippen molar-refractivity contribution in [1.29, 1.82) is 0 Å². The Labute approximate surface area is 219 Å². The average Bonchev–Trinajstić information content (AvgIpc) is 3.72. The van der Waals surface area contributed by atoms with Crippen molar-refractivity contribution < 1.29 is 31.1 Å². The quantitative estimate of drug-likeness (QED) is 0.350. The summed E-state index contributed by atoms with van der Waals surface area (Å²) in [6.45, 7) is 3.35. The van der Waals surface area contributed by atoms with Gasteiger partial charge in [0.15, 0.2) is 5.82 Å². The normalized spacial score (nSPS) is 16.5. The number of urea groups is 1. The van der Waals surface area contributed by atoms with Crippen LogP contribution in [0.15, 0.2) is 70.9 Å². The molecule has 3 heterocycles. The van der Waals surface area contributed by atoms with E-state index in [1.807, 2.05) is 11.8 Å². The van der Waals surface area contributed by atoms with E-state index in [-0.39, 0.29) is 34.9 Å². The molecule has 0 saturated carbocycles. The summed E-state index contributed by atoms with van der Waals surface area (Å²) < 4.78 is 80.2. The summed E-state index contributed by atoms with van der Waals surface area (Å²) in [6, 6.07) is 12.6. The predicted octanol–water partition coefficient (Wildman–Crippen LogP) is 7.22. The highest BCUT2D eigenvalue weighted by Gasteiger charge is 2.65. The van der Waals surface area contributed by atoms with Crippen molar-refractivity contribution in [3.8, 4) is 11.3 Å². The van der Waals surface area contributed by atoms with Crippen LogP contribution in [0.3, 0.4) is 0 Å². The van der Waals surface area contributed by atoms with Crippen molar-refractivity contribution in [2.24, 2.45) is 10.2 Å². The molecule has 0 atom stereocenters. The molecule has 39 heavy (non-hydrogen) atoms. The SMILES string of the molecule is CCN1CCCN(C(=O)Nc2cccc(C3(C(F)(F)F)N=N3)c2)c2nc(-c3cccc(C(F)(F)F)c3)ccc21. The Bertz CT molecular complexity index is 1430. The van der Waals surface area contributed by atoms with Crippen LogP contribution in [-0.2, 0) is 11.8 Å². The van der Waals surface area contributed by atoms with Crippen LogP contribution in [0.25, 0.3) is 11.3 Å². The minimum Gasteiger partial charge on any atom is -0.369 e. The van der Waals surface area contributed by atoms with Gasteiger partial charge in [-0.05, 0) is 49.7 Å². The van der Waals surface area contributed by atoms with Crippen LogP contribution in [0.2, 0.25) is 0 Å². The predicted molar refractivity (Wildman–Crippen MR) is 133 cm³/mol. The molecule has 0 aliphatic carbocycles. The van der Waals surface area contributed by atoms with Crippen LogP contribution in [0.4, 0.5) is 48.3 Å².